The minimum absolute atomic E-state index is 0.0640. The van der Waals surface area contributed by atoms with Gasteiger partial charge in [-0.15, -0.1) is 0 Å². The molecule has 4 saturated carbocycles. The van der Waals surface area contributed by atoms with Crippen molar-refractivity contribution in [3.63, 3.8) is 0 Å². The third-order valence-electron chi connectivity index (χ3n) is 7.17. The van der Waals surface area contributed by atoms with Gasteiger partial charge >= 0.3 is 0 Å². The van der Waals surface area contributed by atoms with Gasteiger partial charge in [0.15, 0.2) is 0 Å². The van der Waals surface area contributed by atoms with Crippen molar-refractivity contribution in [2.75, 3.05) is 17.1 Å². The van der Waals surface area contributed by atoms with E-state index >= 15 is 0 Å². The van der Waals surface area contributed by atoms with Crippen molar-refractivity contribution in [3.05, 3.63) is 29.3 Å². The van der Waals surface area contributed by atoms with Gasteiger partial charge in [-0.3, -0.25) is 9.10 Å². The lowest BCUT2D eigenvalue weighted by molar-refractivity contribution is -0.124. The quantitative estimate of drug-likeness (QED) is 0.754. The summed E-state index contributed by atoms with van der Waals surface area (Å²) in [5.74, 6) is 2.17. The Morgan fingerprint density at radius 2 is 1.79 bits per heavy atom. The molecule has 1 atom stereocenters. The lowest BCUT2D eigenvalue weighted by Gasteiger charge is -2.59. The summed E-state index contributed by atoms with van der Waals surface area (Å²) in [6.07, 6.45) is 8.78. The van der Waals surface area contributed by atoms with E-state index in [4.69, 9.17) is 11.6 Å². The van der Waals surface area contributed by atoms with Crippen molar-refractivity contribution in [2.45, 2.75) is 51.5 Å². The highest BCUT2D eigenvalue weighted by Gasteiger charge is 2.53. The molecule has 5 nitrogen and oxygen atoms in total. The Morgan fingerprint density at radius 3 is 2.29 bits per heavy atom. The average molecular weight is 425 g/mol. The van der Waals surface area contributed by atoms with Gasteiger partial charge in [0.2, 0.25) is 15.9 Å². The molecule has 0 spiro atoms. The van der Waals surface area contributed by atoms with E-state index in [9.17, 15) is 13.2 Å². The molecule has 1 aromatic rings. The summed E-state index contributed by atoms with van der Waals surface area (Å²) in [6, 6.07) is 6.65. The second-order valence-electron chi connectivity index (χ2n) is 9.32. The fourth-order valence-corrected chi connectivity index (χ4v) is 7.34. The van der Waals surface area contributed by atoms with Gasteiger partial charge in [0.05, 0.1) is 11.9 Å². The SMILES string of the molecule is CC(NC(=O)CN(c1cccc(Cl)c1)S(C)(=O)=O)C12CC3CC(CC(C3)C1)C2. The standard InChI is InChI=1S/C21H29ClN2O3S/c1-14(21-10-15-6-16(11-21)8-17(7-15)12-21)23-20(25)13-24(28(2,26)27)19-5-3-4-18(22)9-19/h3-5,9,14-17H,6-8,10-13H2,1-2H3,(H,23,25). The predicted molar refractivity (Wildman–Crippen MR) is 112 cm³/mol. The number of hydrogen-bond donors (Lipinski definition) is 1. The first-order chi connectivity index (χ1) is 13.1. The van der Waals surface area contributed by atoms with E-state index in [1.165, 1.54) is 38.5 Å². The summed E-state index contributed by atoms with van der Waals surface area (Å²) >= 11 is 6.01. The van der Waals surface area contributed by atoms with Crippen LogP contribution in [-0.4, -0.2) is 33.2 Å². The number of amides is 1. The lowest BCUT2D eigenvalue weighted by Crippen LogP contribution is -2.56. The number of sulfonamides is 1. The van der Waals surface area contributed by atoms with Crippen LogP contribution in [0.15, 0.2) is 24.3 Å². The van der Waals surface area contributed by atoms with E-state index in [2.05, 4.69) is 12.2 Å². The van der Waals surface area contributed by atoms with Crippen LogP contribution in [0.3, 0.4) is 0 Å². The number of hydrogen-bond acceptors (Lipinski definition) is 3. The fourth-order valence-electron chi connectivity index (χ4n) is 6.31. The largest absolute Gasteiger partial charge is 0.352 e. The summed E-state index contributed by atoms with van der Waals surface area (Å²) in [7, 11) is -3.60. The smallest absolute Gasteiger partial charge is 0.241 e. The molecule has 0 saturated heterocycles. The van der Waals surface area contributed by atoms with Crippen molar-refractivity contribution in [2.24, 2.45) is 23.2 Å². The predicted octanol–water partition coefficient (Wildman–Crippen LogP) is 3.83. The highest BCUT2D eigenvalue weighted by Crippen LogP contribution is 2.61. The molecule has 28 heavy (non-hydrogen) atoms. The van der Waals surface area contributed by atoms with E-state index in [0.29, 0.717) is 10.7 Å². The maximum atomic E-state index is 12.8. The van der Waals surface area contributed by atoms with Crippen LogP contribution in [0, 0.1) is 23.2 Å². The van der Waals surface area contributed by atoms with Crippen molar-refractivity contribution in [1.82, 2.24) is 5.32 Å². The number of rotatable bonds is 6. The number of nitrogens with one attached hydrogen (secondary N) is 1. The molecule has 1 unspecified atom stereocenters. The van der Waals surface area contributed by atoms with Crippen LogP contribution in [-0.2, 0) is 14.8 Å². The molecule has 1 N–H and O–H groups in total. The molecule has 4 aliphatic rings. The summed E-state index contributed by atoms with van der Waals surface area (Å²) in [6.45, 7) is 1.88. The summed E-state index contributed by atoms with van der Waals surface area (Å²) in [5, 5.41) is 3.58. The minimum atomic E-state index is -3.60. The molecule has 0 aromatic heterocycles. The van der Waals surface area contributed by atoms with Gasteiger partial charge < -0.3 is 5.32 Å². The maximum Gasteiger partial charge on any atom is 0.241 e. The van der Waals surface area contributed by atoms with Crippen LogP contribution in [0.2, 0.25) is 5.02 Å². The zero-order valence-electron chi connectivity index (χ0n) is 16.5. The minimum Gasteiger partial charge on any atom is -0.352 e. The molecule has 7 heteroatoms. The Bertz CT molecular complexity index is 835. The first kappa shape index (κ1) is 20.0. The van der Waals surface area contributed by atoms with E-state index in [0.717, 1.165) is 28.3 Å². The number of benzene rings is 1. The lowest BCUT2D eigenvalue weighted by atomic mass is 9.48. The first-order valence-electron chi connectivity index (χ1n) is 10.2. The second kappa shape index (κ2) is 7.21. The van der Waals surface area contributed by atoms with Gasteiger partial charge in [0, 0.05) is 11.1 Å². The van der Waals surface area contributed by atoms with Gasteiger partial charge in [-0.25, -0.2) is 8.42 Å². The number of carbonyl (C=O) groups excluding carboxylic acids is 1. The van der Waals surface area contributed by atoms with Crippen LogP contribution < -0.4 is 9.62 Å². The first-order valence-corrected chi connectivity index (χ1v) is 12.4. The normalized spacial score (nSPS) is 32.2. The summed E-state index contributed by atoms with van der Waals surface area (Å²) < 4.78 is 25.7. The number of carbonyl (C=O) groups is 1. The molecule has 5 rings (SSSR count). The molecule has 0 heterocycles. The second-order valence-corrected chi connectivity index (χ2v) is 11.7. The molecule has 1 amide bonds. The fraction of sp³-hybridized carbons (Fsp3) is 0.667. The molecule has 4 aliphatic carbocycles. The van der Waals surface area contributed by atoms with Gasteiger partial charge in [0.1, 0.15) is 6.54 Å². The number of halogens is 1. The zero-order chi connectivity index (χ0) is 20.1. The van der Waals surface area contributed by atoms with Crippen LogP contribution in [0.5, 0.6) is 0 Å². The molecular formula is C21H29ClN2O3S. The van der Waals surface area contributed by atoms with Crippen LogP contribution in [0.1, 0.15) is 45.4 Å². The van der Waals surface area contributed by atoms with Crippen LogP contribution in [0.4, 0.5) is 5.69 Å². The Kier molecular flexibility index (Phi) is 5.15. The molecule has 154 valence electrons. The monoisotopic (exact) mass is 424 g/mol. The van der Waals surface area contributed by atoms with Crippen molar-refractivity contribution >= 4 is 33.2 Å². The zero-order valence-corrected chi connectivity index (χ0v) is 18.1. The Morgan fingerprint density at radius 1 is 1.21 bits per heavy atom. The van der Waals surface area contributed by atoms with Crippen LogP contribution >= 0.6 is 11.6 Å². The van der Waals surface area contributed by atoms with Crippen molar-refractivity contribution < 1.29 is 13.2 Å². The van der Waals surface area contributed by atoms with E-state index < -0.39 is 10.0 Å². The average Bonchev–Trinajstić information content (AvgIpc) is 2.57. The van der Waals surface area contributed by atoms with E-state index in [-0.39, 0.29) is 23.9 Å². The van der Waals surface area contributed by atoms with Crippen molar-refractivity contribution in [1.29, 1.82) is 0 Å². The van der Waals surface area contributed by atoms with Gasteiger partial charge in [0.25, 0.3) is 0 Å². The summed E-state index contributed by atoms with van der Waals surface area (Å²) in [5.41, 5.74) is 0.601. The summed E-state index contributed by atoms with van der Waals surface area (Å²) in [4.78, 5) is 12.8. The Balaban J connectivity index is 1.47. The third-order valence-corrected chi connectivity index (χ3v) is 8.54. The van der Waals surface area contributed by atoms with E-state index in [1.807, 2.05) is 0 Å². The molecule has 0 aliphatic heterocycles. The third kappa shape index (κ3) is 3.90. The highest BCUT2D eigenvalue weighted by atomic mass is 35.5. The molecular weight excluding hydrogens is 396 g/mol. The molecule has 4 bridgehead atoms. The Labute approximate surface area is 172 Å². The van der Waals surface area contributed by atoms with Gasteiger partial charge in [-0.05, 0) is 86.8 Å². The maximum absolute atomic E-state index is 12.8. The Hall–Kier alpha value is -1.27. The van der Waals surface area contributed by atoms with Crippen LogP contribution in [0.25, 0.3) is 0 Å². The molecule has 1 aromatic carbocycles. The van der Waals surface area contributed by atoms with Gasteiger partial charge in [-0.1, -0.05) is 17.7 Å². The number of anilines is 1. The number of nitrogens with zero attached hydrogens (tertiary/aromatic N) is 1. The molecule has 0 radical (unpaired) electrons. The van der Waals surface area contributed by atoms with E-state index in [1.54, 1.807) is 24.3 Å². The topological polar surface area (TPSA) is 66.5 Å². The van der Waals surface area contributed by atoms with Gasteiger partial charge in [-0.2, -0.15) is 0 Å². The highest BCUT2D eigenvalue weighted by molar-refractivity contribution is 7.92. The molecule has 4 fully saturated rings. The van der Waals surface area contributed by atoms with Crippen molar-refractivity contribution in [3.8, 4) is 0 Å².